The van der Waals surface area contributed by atoms with Gasteiger partial charge in [-0.05, 0) is 58.5 Å². The van der Waals surface area contributed by atoms with E-state index in [0.29, 0.717) is 13.1 Å². The van der Waals surface area contributed by atoms with Gasteiger partial charge in [-0.25, -0.2) is 0 Å². The molecule has 0 bridgehead atoms. The van der Waals surface area contributed by atoms with E-state index in [4.69, 9.17) is 0 Å². The molecule has 4 rings (SSSR count). The minimum Gasteiger partial charge on any atom is -0.354 e. The van der Waals surface area contributed by atoms with Crippen LogP contribution >= 0.6 is 0 Å². The molecule has 156 valence electrons. The zero-order valence-corrected chi connectivity index (χ0v) is 17.4. The number of carbonyl (C=O) groups excluding carboxylic acids is 1. The van der Waals surface area contributed by atoms with E-state index in [1.165, 1.54) is 5.56 Å². The van der Waals surface area contributed by atoms with Gasteiger partial charge in [0.25, 0.3) is 0 Å². The Bertz CT molecular complexity index is 1110. The lowest BCUT2D eigenvalue weighted by Crippen LogP contribution is -2.39. The highest BCUT2D eigenvalue weighted by molar-refractivity contribution is 5.92. The summed E-state index contributed by atoms with van der Waals surface area (Å²) in [6, 6.07) is 21.8. The van der Waals surface area contributed by atoms with E-state index in [-0.39, 0.29) is 5.91 Å². The summed E-state index contributed by atoms with van der Waals surface area (Å²) in [5.74, 6) is -0.0185. The van der Waals surface area contributed by atoms with Crippen LogP contribution in [0.4, 0.5) is 0 Å². The smallest absolute Gasteiger partial charge is 0.241 e. The molecule has 0 radical (unpaired) electrons. The number of pyridine rings is 2. The molecule has 2 aromatic heterocycles. The number of nitrogens with zero attached hydrogens (tertiary/aromatic N) is 2. The Labute approximate surface area is 182 Å². The van der Waals surface area contributed by atoms with E-state index in [2.05, 4.69) is 38.8 Å². The average molecular weight is 411 g/mol. The van der Waals surface area contributed by atoms with Crippen molar-refractivity contribution in [2.24, 2.45) is 0 Å². The van der Waals surface area contributed by atoms with Gasteiger partial charge in [0.1, 0.15) is 6.04 Å². The molecule has 1 atom stereocenters. The summed E-state index contributed by atoms with van der Waals surface area (Å²) >= 11 is 0. The second kappa shape index (κ2) is 10.5. The molecule has 0 saturated carbocycles. The Morgan fingerprint density at radius 3 is 2.42 bits per heavy atom. The first-order valence-corrected chi connectivity index (χ1v) is 10.6. The van der Waals surface area contributed by atoms with Gasteiger partial charge in [-0.3, -0.25) is 14.8 Å². The topological polar surface area (TPSA) is 66.9 Å². The van der Waals surface area contributed by atoms with Gasteiger partial charge in [0.15, 0.2) is 0 Å². The first-order chi connectivity index (χ1) is 15.3. The van der Waals surface area contributed by atoms with Crippen molar-refractivity contribution in [3.63, 3.8) is 0 Å². The number of nitrogens with one attached hydrogen (secondary N) is 2. The first-order valence-electron chi connectivity index (χ1n) is 10.6. The highest BCUT2D eigenvalue weighted by atomic mass is 16.2. The molecular weight excluding hydrogens is 384 g/mol. The van der Waals surface area contributed by atoms with E-state index in [0.717, 1.165) is 34.7 Å². The fourth-order valence-corrected chi connectivity index (χ4v) is 3.73. The Balaban J connectivity index is 1.49. The number of hydrogen-bond acceptors (Lipinski definition) is 4. The van der Waals surface area contributed by atoms with Crippen LogP contribution in [0.1, 0.15) is 22.7 Å². The molecule has 0 aliphatic carbocycles. The molecule has 4 aromatic rings. The summed E-state index contributed by atoms with van der Waals surface area (Å²) in [6.07, 6.45) is 8.75. The number of hydrogen-bond donors (Lipinski definition) is 2. The third kappa shape index (κ3) is 5.53. The summed E-state index contributed by atoms with van der Waals surface area (Å²) in [5.41, 5.74) is 3.29. The zero-order chi connectivity index (χ0) is 21.3. The van der Waals surface area contributed by atoms with E-state index in [1.807, 2.05) is 54.7 Å². The lowest BCUT2D eigenvalue weighted by Gasteiger charge is -2.21. The van der Waals surface area contributed by atoms with Crippen LogP contribution in [0.2, 0.25) is 0 Å². The number of amides is 1. The van der Waals surface area contributed by atoms with Crippen LogP contribution in [0.3, 0.4) is 0 Å². The molecule has 0 fully saturated rings. The molecule has 0 aliphatic rings. The monoisotopic (exact) mass is 410 g/mol. The molecule has 2 heterocycles. The van der Waals surface area contributed by atoms with Gasteiger partial charge in [-0.15, -0.1) is 0 Å². The Morgan fingerprint density at radius 1 is 0.774 bits per heavy atom. The standard InChI is InChI=1S/C26H26N4O/c31-26(30-18-13-21-5-4-14-28-19-21)25(29-17-12-20-10-15-27-16-11-20)24-9-3-7-22-6-1-2-8-23(22)24/h1-11,14-16,19,25,29H,12-13,17-18H2,(H,30,31). The van der Waals surface area contributed by atoms with E-state index < -0.39 is 6.04 Å². The maximum atomic E-state index is 13.2. The minimum absolute atomic E-state index is 0.0185. The van der Waals surface area contributed by atoms with Crippen LogP contribution in [0, 0.1) is 0 Å². The van der Waals surface area contributed by atoms with Crippen molar-refractivity contribution in [2.45, 2.75) is 18.9 Å². The summed E-state index contributed by atoms with van der Waals surface area (Å²) in [6.45, 7) is 1.26. The minimum atomic E-state index is -0.429. The molecular formula is C26H26N4O. The normalized spacial score (nSPS) is 11.9. The quantitative estimate of drug-likeness (QED) is 0.440. The van der Waals surface area contributed by atoms with Gasteiger partial charge < -0.3 is 10.6 Å². The van der Waals surface area contributed by atoms with Gasteiger partial charge in [0.05, 0.1) is 0 Å². The van der Waals surface area contributed by atoms with Gasteiger partial charge in [0.2, 0.25) is 5.91 Å². The van der Waals surface area contributed by atoms with E-state index >= 15 is 0 Å². The fraction of sp³-hybridized carbons (Fsp3) is 0.192. The van der Waals surface area contributed by atoms with Crippen LogP contribution in [0.5, 0.6) is 0 Å². The van der Waals surface area contributed by atoms with Crippen molar-refractivity contribution < 1.29 is 4.79 Å². The molecule has 2 N–H and O–H groups in total. The van der Waals surface area contributed by atoms with Crippen LogP contribution in [-0.2, 0) is 17.6 Å². The van der Waals surface area contributed by atoms with Crippen LogP contribution < -0.4 is 10.6 Å². The maximum absolute atomic E-state index is 13.2. The second-order valence-electron chi connectivity index (χ2n) is 7.46. The largest absolute Gasteiger partial charge is 0.354 e. The number of fused-ring (bicyclic) bond motifs is 1. The van der Waals surface area contributed by atoms with Gasteiger partial charge in [-0.1, -0.05) is 48.5 Å². The fourth-order valence-electron chi connectivity index (χ4n) is 3.73. The molecule has 0 saturated heterocycles. The molecule has 2 aromatic carbocycles. The van der Waals surface area contributed by atoms with E-state index in [1.54, 1.807) is 18.6 Å². The molecule has 5 nitrogen and oxygen atoms in total. The summed E-state index contributed by atoms with van der Waals surface area (Å²) < 4.78 is 0. The predicted molar refractivity (Wildman–Crippen MR) is 124 cm³/mol. The number of carbonyl (C=O) groups is 1. The van der Waals surface area contributed by atoms with Crippen molar-refractivity contribution >= 4 is 16.7 Å². The number of rotatable bonds is 9. The molecule has 1 amide bonds. The highest BCUT2D eigenvalue weighted by Gasteiger charge is 2.21. The second-order valence-corrected chi connectivity index (χ2v) is 7.46. The summed E-state index contributed by atoms with van der Waals surface area (Å²) in [4.78, 5) is 21.4. The van der Waals surface area contributed by atoms with Crippen LogP contribution in [0.25, 0.3) is 10.8 Å². The predicted octanol–water partition coefficient (Wildman–Crippen LogP) is 3.86. The van der Waals surface area contributed by atoms with Crippen LogP contribution in [-0.4, -0.2) is 29.0 Å². The van der Waals surface area contributed by atoms with Crippen molar-refractivity contribution in [3.8, 4) is 0 Å². The Kier molecular flexibility index (Phi) is 6.98. The Hall–Kier alpha value is -3.57. The molecule has 0 aliphatic heterocycles. The van der Waals surface area contributed by atoms with Crippen LogP contribution in [0.15, 0.2) is 91.5 Å². The lowest BCUT2D eigenvalue weighted by atomic mass is 9.97. The average Bonchev–Trinajstić information content (AvgIpc) is 2.83. The third-order valence-corrected chi connectivity index (χ3v) is 5.34. The van der Waals surface area contributed by atoms with Crippen molar-refractivity contribution in [2.75, 3.05) is 13.1 Å². The van der Waals surface area contributed by atoms with Crippen molar-refractivity contribution in [3.05, 3.63) is 108 Å². The third-order valence-electron chi connectivity index (χ3n) is 5.34. The lowest BCUT2D eigenvalue weighted by molar-refractivity contribution is -0.123. The Morgan fingerprint density at radius 2 is 1.58 bits per heavy atom. The number of benzene rings is 2. The summed E-state index contributed by atoms with van der Waals surface area (Å²) in [7, 11) is 0. The molecule has 1 unspecified atom stereocenters. The summed E-state index contributed by atoms with van der Waals surface area (Å²) in [5, 5.41) is 8.80. The number of aromatic nitrogens is 2. The first kappa shape index (κ1) is 20.7. The highest BCUT2D eigenvalue weighted by Crippen LogP contribution is 2.24. The molecule has 0 spiro atoms. The van der Waals surface area contributed by atoms with Gasteiger partial charge >= 0.3 is 0 Å². The maximum Gasteiger partial charge on any atom is 0.241 e. The van der Waals surface area contributed by atoms with Gasteiger partial charge in [0, 0.05) is 37.9 Å². The molecule has 5 heteroatoms. The van der Waals surface area contributed by atoms with Crippen molar-refractivity contribution in [1.29, 1.82) is 0 Å². The SMILES string of the molecule is O=C(NCCc1cccnc1)C(NCCc1ccncc1)c1cccc2ccccc12. The van der Waals surface area contributed by atoms with Gasteiger partial charge in [-0.2, -0.15) is 0 Å². The zero-order valence-electron chi connectivity index (χ0n) is 17.4. The molecule has 31 heavy (non-hydrogen) atoms. The van der Waals surface area contributed by atoms with Crippen molar-refractivity contribution in [1.82, 2.24) is 20.6 Å². The van der Waals surface area contributed by atoms with E-state index in [9.17, 15) is 4.79 Å².